The molecule has 0 bridgehead atoms. The van der Waals surface area contributed by atoms with Gasteiger partial charge in [-0.25, -0.2) is 0 Å². The van der Waals surface area contributed by atoms with Crippen LogP contribution < -0.4 is 10.6 Å². The lowest BCUT2D eigenvalue weighted by Gasteiger charge is -2.12. The maximum absolute atomic E-state index is 12.6. The number of anilines is 1. The van der Waals surface area contributed by atoms with E-state index in [1.165, 1.54) is 0 Å². The van der Waals surface area contributed by atoms with Crippen LogP contribution in [0.25, 0.3) is 0 Å². The predicted molar refractivity (Wildman–Crippen MR) is 115 cm³/mol. The Hall–Kier alpha value is -2.89. The van der Waals surface area contributed by atoms with E-state index in [-0.39, 0.29) is 18.2 Å². The number of nitrogens with zero attached hydrogens (tertiary/aromatic N) is 1. The van der Waals surface area contributed by atoms with Crippen molar-refractivity contribution in [2.24, 2.45) is 0 Å². The van der Waals surface area contributed by atoms with Crippen LogP contribution in [0.4, 0.5) is 5.69 Å². The van der Waals surface area contributed by atoms with Crippen molar-refractivity contribution in [2.75, 3.05) is 5.32 Å². The normalized spacial score (nSPS) is 10.4. The van der Waals surface area contributed by atoms with Gasteiger partial charge in [0.1, 0.15) is 0 Å². The van der Waals surface area contributed by atoms with Crippen LogP contribution >= 0.6 is 23.2 Å². The molecule has 2 N–H and O–H groups in total. The summed E-state index contributed by atoms with van der Waals surface area (Å²) in [6.07, 6.45) is 4.06. The molecule has 2 aromatic carbocycles. The molecule has 29 heavy (non-hydrogen) atoms. The van der Waals surface area contributed by atoms with E-state index >= 15 is 0 Å². The zero-order valence-corrected chi connectivity index (χ0v) is 17.0. The van der Waals surface area contributed by atoms with Crippen molar-refractivity contribution in [3.8, 4) is 0 Å². The molecule has 0 fully saturated rings. The maximum Gasteiger partial charge on any atom is 0.253 e. The second-order valence-electron chi connectivity index (χ2n) is 6.37. The summed E-state index contributed by atoms with van der Waals surface area (Å²) >= 11 is 12.0. The first-order valence-electron chi connectivity index (χ1n) is 9.03. The van der Waals surface area contributed by atoms with E-state index in [2.05, 4.69) is 15.6 Å². The molecular formula is C22H19Cl2N3O2. The van der Waals surface area contributed by atoms with E-state index in [9.17, 15) is 9.59 Å². The molecule has 0 aliphatic carbocycles. The average molecular weight is 428 g/mol. The summed E-state index contributed by atoms with van der Waals surface area (Å²) in [6, 6.07) is 15.8. The highest BCUT2D eigenvalue weighted by Gasteiger charge is 2.13. The number of aryl methyl sites for hydroxylation is 1. The lowest BCUT2D eigenvalue weighted by atomic mass is 10.1. The van der Waals surface area contributed by atoms with Gasteiger partial charge in [-0.15, -0.1) is 0 Å². The molecule has 1 heterocycles. The number of halogens is 2. The Kier molecular flexibility index (Phi) is 7.22. The standard InChI is InChI=1S/C22H19Cl2N3O2/c23-17-9-7-16(19(24)12-17)8-10-21(28)27-20-6-2-1-5-18(20)22(29)26-14-15-4-3-11-25-13-15/h1-7,9,11-13H,8,10,14H2,(H,26,29)(H,27,28). The number of carbonyl (C=O) groups excluding carboxylic acids is 2. The zero-order chi connectivity index (χ0) is 20.6. The summed E-state index contributed by atoms with van der Waals surface area (Å²) in [5.41, 5.74) is 2.59. The van der Waals surface area contributed by atoms with Gasteiger partial charge in [-0.3, -0.25) is 14.6 Å². The highest BCUT2D eigenvalue weighted by atomic mass is 35.5. The molecule has 148 valence electrons. The van der Waals surface area contributed by atoms with E-state index in [0.717, 1.165) is 11.1 Å². The Labute approximate surface area is 179 Å². The molecule has 5 nitrogen and oxygen atoms in total. The lowest BCUT2D eigenvalue weighted by Crippen LogP contribution is -2.25. The maximum atomic E-state index is 12.6. The third-order valence-electron chi connectivity index (χ3n) is 4.26. The number of para-hydroxylation sites is 1. The average Bonchev–Trinajstić information content (AvgIpc) is 2.72. The predicted octanol–water partition coefficient (Wildman–Crippen LogP) is 4.89. The van der Waals surface area contributed by atoms with Gasteiger partial charge in [0, 0.05) is 35.4 Å². The third kappa shape index (κ3) is 6.04. The molecule has 0 spiro atoms. The molecule has 0 aliphatic heterocycles. The molecule has 0 saturated heterocycles. The molecule has 0 radical (unpaired) electrons. The molecule has 0 aliphatic rings. The molecule has 7 heteroatoms. The molecule has 3 rings (SSSR count). The first-order chi connectivity index (χ1) is 14.0. The van der Waals surface area contributed by atoms with E-state index in [1.54, 1.807) is 54.9 Å². The van der Waals surface area contributed by atoms with Crippen molar-refractivity contribution in [2.45, 2.75) is 19.4 Å². The highest BCUT2D eigenvalue weighted by Crippen LogP contribution is 2.22. The fourth-order valence-electron chi connectivity index (χ4n) is 2.76. The Balaban J connectivity index is 1.60. The van der Waals surface area contributed by atoms with Gasteiger partial charge in [0.05, 0.1) is 11.3 Å². The summed E-state index contributed by atoms with van der Waals surface area (Å²) in [5.74, 6) is -0.478. The van der Waals surface area contributed by atoms with Crippen LogP contribution in [0.1, 0.15) is 27.9 Å². The lowest BCUT2D eigenvalue weighted by molar-refractivity contribution is -0.116. The summed E-state index contributed by atoms with van der Waals surface area (Å²) < 4.78 is 0. The van der Waals surface area contributed by atoms with E-state index in [4.69, 9.17) is 23.2 Å². The van der Waals surface area contributed by atoms with E-state index < -0.39 is 0 Å². The Bertz CT molecular complexity index is 1010. The van der Waals surface area contributed by atoms with Crippen molar-refractivity contribution in [3.05, 3.63) is 93.7 Å². The van der Waals surface area contributed by atoms with Crippen LogP contribution in [-0.2, 0) is 17.8 Å². The Morgan fingerprint density at radius 2 is 1.83 bits per heavy atom. The van der Waals surface area contributed by atoms with Gasteiger partial charge in [0.15, 0.2) is 0 Å². The van der Waals surface area contributed by atoms with Gasteiger partial charge in [0.25, 0.3) is 5.91 Å². The number of nitrogens with one attached hydrogen (secondary N) is 2. The molecule has 2 amide bonds. The molecular weight excluding hydrogens is 409 g/mol. The summed E-state index contributed by atoms with van der Waals surface area (Å²) in [7, 11) is 0. The summed E-state index contributed by atoms with van der Waals surface area (Å²) in [6.45, 7) is 0.351. The number of benzene rings is 2. The molecule has 0 atom stereocenters. The monoisotopic (exact) mass is 427 g/mol. The molecule has 0 saturated carbocycles. The van der Waals surface area contributed by atoms with Crippen LogP contribution in [-0.4, -0.2) is 16.8 Å². The van der Waals surface area contributed by atoms with Gasteiger partial charge < -0.3 is 10.6 Å². The largest absolute Gasteiger partial charge is 0.348 e. The fourth-order valence-corrected chi connectivity index (χ4v) is 3.26. The minimum Gasteiger partial charge on any atom is -0.348 e. The smallest absolute Gasteiger partial charge is 0.253 e. The molecule has 0 unspecified atom stereocenters. The Morgan fingerprint density at radius 3 is 2.59 bits per heavy atom. The number of carbonyl (C=O) groups is 2. The third-order valence-corrected chi connectivity index (χ3v) is 4.85. The van der Waals surface area contributed by atoms with Gasteiger partial charge in [-0.1, -0.05) is 47.5 Å². The van der Waals surface area contributed by atoms with E-state index in [0.29, 0.717) is 34.3 Å². The van der Waals surface area contributed by atoms with Crippen LogP contribution in [0, 0.1) is 0 Å². The Morgan fingerprint density at radius 1 is 1.00 bits per heavy atom. The SMILES string of the molecule is O=C(CCc1ccc(Cl)cc1Cl)Nc1ccccc1C(=O)NCc1cccnc1. The highest BCUT2D eigenvalue weighted by molar-refractivity contribution is 6.35. The van der Waals surface area contributed by atoms with Crippen LogP contribution in [0.3, 0.4) is 0 Å². The van der Waals surface area contributed by atoms with Gasteiger partial charge >= 0.3 is 0 Å². The van der Waals surface area contributed by atoms with Crippen LogP contribution in [0.2, 0.25) is 10.0 Å². The van der Waals surface area contributed by atoms with Gasteiger partial charge in [-0.2, -0.15) is 0 Å². The number of amides is 2. The minimum atomic E-state index is -0.273. The van der Waals surface area contributed by atoms with Crippen LogP contribution in [0.5, 0.6) is 0 Å². The fraction of sp³-hybridized carbons (Fsp3) is 0.136. The van der Waals surface area contributed by atoms with Crippen molar-refractivity contribution in [1.82, 2.24) is 10.3 Å². The van der Waals surface area contributed by atoms with Gasteiger partial charge in [-0.05, 0) is 47.9 Å². The number of aromatic nitrogens is 1. The molecule has 3 aromatic rings. The quantitative estimate of drug-likeness (QED) is 0.563. The minimum absolute atomic E-state index is 0.205. The van der Waals surface area contributed by atoms with E-state index in [1.807, 2.05) is 12.1 Å². The molecule has 1 aromatic heterocycles. The zero-order valence-electron chi connectivity index (χ0n) is 15.5. The van der Waals surface area contributed by atoms with Crippen molar-refractivity contribution in [1.29, 1.82) is 0 Å². The van der Waals surface area contributed by atoms with Crippen molar-refractivity contribution in [3.63, 3.8) is 0 Å². The number of hydrogen-bond donors (Lipinski definition) is 2. The van der Waals surface area contributed by atoms with Gasteiger partial charge in [0.2, 0.25) is 5.91 Å². The second-order valence-corrected chi connectivity index (χ2v) is 7.22. The number of pyridine rings is 1. The number of rotatable bonds is 7. The first kappa shape index (κ1) is 20.8. The van der Waals surface area contributed by atoms with Crippen molar-refractivity contribution < 1.29 is 9.59 Å². The second kappa shape index (κ2) is 10.0. The van der Waals surface area contributed by atoms with Crippen LogP contribution in [0.15, 0.2) is 67.0 Å². The topological polar surface area (TPSA) is 71.1 Å². The van der Waals surface area contributed by atoms with Crippen molar-refractivity contribution >= 4 is 40.7 Å². The summed E-state index contributed by atoms with van der Waals surface area (Å²) in [4.78, 5) is 29.0. The first-order valence-corrected chi connectivity index (χ1v) is 9.78. The number of hydrogen-bond acceptors (Lipinski definition) is 3. The summed E-state index contributed by atoms with van der Waals surface area (Å²) in [5, 5.41) is 6.73.